The summed E-state index contributed by atoms with van der Waals surface area (Å²) < 4.78 is 30.2. The van der Waals surface area contributed by atoms with Crippen molar-refractivity contribution < 1.29 is 23.1 Å². The third-order valence-corrected chi connectivity index (χ3v) is 8.05. The lowest BCUT2D eigenvalue weighted by Gasteiger charge is -2.16. The van der Waals surface area contributed by atoms with Gasteiger partial charge in [0.2, 0.25) is 10.0 Å². The number of carbonyl (C=O) groups is 2. The molecule has 0 aliphatic carbocycles. The average Bonchev–Trinajstić information content (AvgIpc) is 3.39. The highest BCUT2D eigenvalue weighted by Gasteiger charge is 2.27. The van der Waals surface area contributed by atoms with Crippen LogP contribution in [-0.2, 0) is 21.4 Å². The topological polar surface area (TPSA) is 155 Å². The number of pyridine rings is 1. The molecule has 210 valence electrons. The van der Waals surface area contributed by atoms with Crippen LogP contribution < -0.4 is 15.4 Å². The van der Waals surface area contributed by atoms with Crippen molar-refractivity contribution in [1.82, 2.24) is 24.8 Å². The number of aliphatic carboxylic acids is 1. The summed E-state index contributed by atoms with van der Waals surface area (Å²) in [4.78, 5) is 28.9. The van der Waals surface area contributed by atoms with Crippen LogP contribution in [0.1, 0.15) is 16.8 Å². The molecule has 41 heavy (non-hydrogen) atoms. The van der Waals surface area contributed by atoms with Gasteiger partial charge >= 0.3 is 5.97 Å². The first kappa shape index (κ1) is 27.7. The molecule has 0 aliphatic heterocycles. The highest BCUT2D eigenvalue weighted by molar-refractivity contribution is 7.89. The number of nitrogens with one attached hydrogen (secondary N) is 3. The van der Waals surface area contributed by atoms with E-state index in [1.165, 1.54) is 6.07 Å². The van der Waals surface area contributed by atoms with Crippen LogP contribution in [-0.4, -0.2) is 59.3 Å². The van der Waals surface area contributed by atoms with Crippen molar-refractivity contribution in [2.75, 3.05) is 18.4 Å². The Bertz CT molecular complexity index is 1800. The van der Waals surface area contributed by atoms with Crippen molar-refractivity contribution in [2.45, 2.75) is 23.9 Å². The van der Waals surface area contributed by atoms with E-state index in [9.17, 15) is 23.1 Å². The van der Waals surface area contributed by atoms with Gasteiger partial charge in [-0.2, -0.15) is 9.82 Å². The second-order valence-corrected chi connectivity index (χ2v) is 11.0. The highest BCUT2D eigenvalue weighted by Crippen LogP contribution is 2.23. The van der Waals surface area contributed by atoms with E-state index in [4.69, 9.17) is 0 Å². The van der Waals surface area contributed by atoms with Crippen LogP contribution in [0.25, 0.3) is 21.7 Å². The van der Waals surface area contributed by atoms with Gasteiger partial charge < -0.3 is 15.7 Å². The minimum absolute atomic E-state index is 0.0387. The fraction of sp³-hybridized carbons (Fsp3) is 0.172. The van der Waals surface area contributed by atoms with Gasteiger partial charge in [0.25, 0.3) is 5.91 Å². The molecule has 0 fully saturated rings. The molecule has 0 bridgehead atoms. The van der Waals surface area contributed by atoms with Crippen LogP contribution in [0.15, 0.2) is 96.2 Å². The highest BCUT2D eigenvalue weighted by atomic mass is 32.2. The van der Waals surface area contributed by atoms with Crippen molar-refractivity contribution in [3.8, 4) is 0 Å². The zero-order valence-electron chi connectivity index (χ0n) is 21.9. The number of anilines is 1. The Kier molecular flexibility index (Phi) is 8.22. The van der Waals surface area contributed by atoms with E-state index in [1.54, 1.807) is 67.0 Å². The first-order valence-corrected chi connectivity index (χ1v) is 14.4. The molecule has 0 spiro atoms. The zero-order valence-corrected chi connectivity index (χ0v) is 22.7. The molecule has 11 nitrogen and oxygen atoms in total. The number of hydrogen-bond acceptors (Lipinski definition) is 7. The van der Waals surface area contributed by atoms with E-state index < -0.39 is 34.5 Å². The van der Waals surface area contributed by atoms with Gasteiger partial charge in [0, 0.05) is 42.2 Å². The van der Waals surface area contributed by atoms with E-state index in [2.05, 4.69) is 25.4 Å². The van der Waals surface area contributed by atoms with Crippen LogP contribution in [0.5, 0.6) is 0 Å². The molecule has 1 amide bonds. The molecule has 4 N–H and O–H groups in total. The molecule has 0 unspecified atom stereocenters. The van der Waals surface area contributed by atoms with Crippen LogP contribution in [0.3, 0.4) is 0 Å². The fourth-order valence-corrected chi connectivity index (χ4v) is 5.89. The minimum Gasteiger partial charge on any atom is -0.480 e. The smallest absolute Gasteiger partial charge is 0.323 e. The van der Waals surface area contributed by atoms with Gasteiger partial charge in [-0.25, -0.2) is 13.4 Å². The molecule has 5 rings (SSSR count). The molecule has 0 radical (unpaired) electrons. The SMILES string of the molecule is O=C(NC[C@H](NS(=O)(=O)c1cccc2ccccc12)C(=O)O)c1ccc2c(cnn2CCCNc2ccccn2)c1. The first-order valence-electron chi connectivity index (χ1n) is 12.9. The third kappa shape index (κ3) is 6.51. The number of sulfonamides is 1. The van der Waals surface area contributed by atoms with Crippen molar-refractivity contribution in [1.29, 1.82) is 0 Å². The predicted octanol–water partition coefficient (Wildman–Crippen LogP) is 3.25. The summed E-state index contributed by atoms with van der Waals surface area (Å²) in [6, 6.07) is 20.8. The number of rotatable bonds is 12. The quantitative estimate of drug-likeness (QED) is 0.166. The molecule has 0 saturated carbocycles. The Labute approximate surface area is 236 Å². The van der Waals surface area contributed by atoms with E-state index in [0.29, 0.717) is 29.4 Å². The van der Waals surface area contributed by atoms with Gasteiger partial charge in [-0.3, -0.25) is 14.3 Å². The fourth-order valence-electron chi connectivity index (χ4n) is 4.48. The molecule has 2 aromatic heterocycles. The number of benzene rings is 3. The maximum Gasteiger partial charge on any atom is 0.323 e. The van der Waals surface area contributed by atoms with E-state index in [1.807, 2.05) is 22.9 Å². The standard InChI is InChI=1S/C29H28N6O5S/c36-28(21-12-13-25-22(17-21)18-33-35(25)16-6-15-31-27-11-3-4-14-30-27)32-19-24(29(37)38)34-41(39,40)26-10-5-8-20-7-1-2-9-23(20)26/h1-5,7-14,17-18,24,34H,6,15-16,19H2,(H,30,31)(H,32,36)(H,37,38)/t24-/m0/s1. The van der Waals surface area contributed by atoms with Gasteiger partial charge in [0.1, 0.15) is 11.9 Å². The number of hydrogen-bond donors (Lipinski definition) is 4. The summed E-state index contributed by atoms with van der Waals surface area (Å²) >= 11 is 0. The van der Waals surface area contributed by atoms with Crippen LogP contribution >= 0.6 is 0 Å². The Balaban J connectivity index is 1.20. The number of aromatic nitrogens is 3. The Morgan fingerprint density at radius 1 is 0.951 bits per heavy atom. The Morgan fingerprint density at radius 3 is 2.56 bits per heavy atom. The molecule has 5 aromatic rings. The van der Waals surface area contributed by atoms with E-state index >= 15 is 0 Å². The van der Waals surface area contributed by atoms with Crippen molar-refractivity contribution >= 4 is 49.4 Å². The average molecular weight is 573 g/mol. The molecular formula is C29H28N6O5S. The number of nitrogens with zero attached hydrogens (tertiary/aromatic N) is 3. The maximum absolute atomic E-state index is 13.1. The number of carboxylic acids is 1. The first-order chi connectivity index (χ1) is 19.8. The largest absolute Gasteiger partial charge is 0.480 e. The summed E-state index contributed by atoms with van der Waals surface area (Å²) in [6.07, 6.45) is 4.20. The Morgan fingerprint density at radius 2 is 1.76 bits per heavy atom. The van der Waals surface area contributed by atoms with Gasteiger partial charge in [0.05, 0.1) is 16.6 Å². The molecule has 3 aromatic carbocycles. The summed E-state index contributed by atoms with van der Waals surface area (Å²) in [5.74, 6) is -1.14. The normalized spacial score (nSPS) is 12.3. The van der Waals surface area contributed by atoms with E-state index in [-0.39, 0.29) is 4.90 Å². The summed E-state index contributed by atoms with van der Waals surface area (Å²) in [5, 5.41) is 21.8. The lowest BCUT2D eigenvalue weighted by molar-refractivity contribution is -0.138. The molecular weight excluding hydrogens is 544 g/mol. The second kappa shape index (κ2) is 12.1. The van der Waals surface area contributed by atoms with Crippen molar-refractivity contribution in [3.05, 3.63) is 96.8 Å². The van der Waals surface area contributed by atoms with Gasteiger partial charge in [0.15, 0.2) is 0 Å². The van der Waals surface area contributed by atoms with Crippen molar-refractivity contribution in [3.63, 3.8) is 0 Å². The number of amides is 1. The summed E-state index contributed by atoms with van der Waals surface area (Å²) in [6.45, 7) is 0.929. The monoisotopic (exact) mass is 572 g/mol. The zero-order chi connectivity index (χ0) is 28.8. The van der Waals surface area contributed by atoms with Crippen LogP contribution in [0, 0.1) is 0 Å². The van der Waals surface area contributed by atoms with Crippen molar-refractivity contribution in [2.24, 2.45) is 0 Å². The molecule has 12 heteroatoms. The summed E-state index contributed by atoms with van der Waals surface area (Å²) in [7, 11) is -4.20. The lowest BCUT2D eigenvalue weighted by atomic mass is 10.1. The van der Waals surface area contributed by atoms with Gasteiger partial charge in [-0.15, -0.1) is 0 Å². The number of carboxylic acid groups (broad SMARTS) is 1. The lowest BCUT2D eigenvalue weighted by Crippen LogP contribution is -2.48. The van der Waals surface area contributed by atoms with E-state index in [0.717, 1.165) is 23.1 Å². The Hall–Kier alpha value is -4.81. The van der Waals surface area contributed by atoms with Gasteiger partial charge in [-0.1, -0.05) is 42.5 Å². The molecule has 0 saturated heterocycles. The predicted molar refractivity (Wildman–Crippen MR) is 155 cm³/mol. The maximum atomic E-state index is 13.1. The molecule has 0 aliphatic rings. The van der Waals surface area contributed by atoms with Crippen LogP contribution in [0.4, 0.5) is 5.82 Å². The summed E-state index contributed by atoms with van der Waals surface area (Å²) in [5.41, 5.74) is 1.15. The number of carbonyl (C=O) groups excluding carboxylic acids is 1. The van der Waals surface area contributed by atoms with Crippen LogP contribution in [0.2, 0.25) is 0 Å². The second-order valence-electron chi connectivity index (χ2n) is 9.34. The van der Waals surface area contributed by atoms with Gasteiger partial charge in [-0.05, 0) is 48.2 Å². The molecule has 1 atom stereocenters. The number of fused-ring (bicyclic) bond motifs is 2. The molecule has 2 heterocycles. The third-order valence-electron chi connectivity index (χ3n) is 6.52. The number of aryl methyl sites for hydroxylation is 1. The minimum atomic E-state index is -4.20.